The lowest BCUT2D eigenvalue weighted by Crippen LogP contribution is -2.17. The summed E-state index contributed by atoms with van der Waals surface area (Å²) in [5, 5.41) is 0. The number of esters is 2. The smallest absolute Gasteiger partial charge is 0.317 e. The van der Waals surface area contributed by atoms with Crippen molar-refractivity contribution < 1.29 is 14.3 Å². The fourth-order valence-corrected chi connectivity index (χ4v) is 2.24. The van der Waals surface area contributed by atoms with Gasteiger partial charge in [0.15, 0.2) is 0 Å². The van der Waals surface area contributed by atoms with Gasteiger partial charge in [0.1, 0.15) is 0 Å². The summed E-state index contributed by atoms with van der Waals surface area (Å²) in [5.74, 6) is -1.11. The van der Waals surface area contributed by atoms with E-state index in [4.69, 9.17) is 0 Å². The Morgan fingerprint density at radius 2 is 1.45 bits per heavy atom. The van der Waals surface area contributed by atoms with Crippen LogP contribution in [0.15, 0.2) is 30.3 Å². The number of hydrogen-bond acceptors (Lipinski definition) is 3. The minimum absolute atomic E-state index is 0. The first-order valence-electron chi connectivity index (χ1n) is 5.90. The Labute approximate surface area is 138 Å². The largest absolute Gasteiger partial charge is 0.393 e. The van der Waals surface area contributed by atoms with E-state index in [0.29, 0.717) is 6.42 Å². The molecule has 0 radical (unpaired) electrons. The Balaban J connectivity index is -0.000000324. The highest BCUT2D eigenvalue weighted by molar-refractivity contribution is 5.96. The van der Waals surface area contributed by atoms with Crippen LogP contribution in [0.25, 0.3) is 0 Å². The van der Waals surface area contributed by atoms with Gasteiger partial charge in [-0.05, 0) is 17.9 Å². The van der Waals surface area contributed by atoms with Gasteiger partial charge in [0.25, 0.3) is 0 Å². The molecule has 0 aromatic heterocycles. The fraction of sp³-hybridized carbons (Fsp3) is 0.579. The van der Waals surface area contributed by atoms with Crippen molar-refractivity contribution in [3.05, 3.63) is 35.9 Å². The molecule has 1 fully saturated rings. The van der Waals surface area contributed by atoms with Gasteiger partial charge in [-0.2, -0.15) is 0 Å². The summed E-state index contributed by atoms with van der Waals surface area (Å²) in [6, 6.07) is 10.0. The van der Waals surface area contributed by atoms with Crippen LogP contribution < -0.4 is 0 Å². The van der Waals surface area contributed by atoms with Crippen LogP contribution in [0.5, 0.6) is 0 Å². The molecule has 0 N–H and O–H groups in total. The van der Waals surface area contributed by atoms with E-state index in [1.54, 1.807) is 6.92 Å². The molecule has 3 atom stereocenters. The monoisotopic (exact) mass is 312 g/mol. The first-order valence-corrected chi connectivity index (χ1v) is 5.90. The molecular formula is C19H36O3. The van der Waals surface area contributed by atoms with Gasteiger partial charge in [-0.1, -0.05) is 81.3 Å². The van der Waals surface area contributed by atoms with Crippen LogP contribution in [0.3, 0.4) is 0 Å². The molecule has 3 heteroatoms. The predicted octanol–water partition coefficient (Wildman–Crippen LogP) is 5.70. The van der Waals surface area contributed by atoms with E-state index in [2.05, 4.69) is 11.7 Å². The summed E-state index contributed by atoms with van der Waals surface area (Å²) < 4.78 is 4.64. The highest BCUT2D eigenvalue weighted by Gasteiger charge is 2.41. The number of carbonyl (C=O) groups is 2. The van der Waals surface area contributed by atoms with Crippen molar-refractivity contribution in [2.45, 2.75) is 63.3 Å². The highest BCUT2D eigenvalue weighted by Crippen LogP contribution is 2.32. The molecule has 2 rings (SSSR count). The standard InChI is InChI=1S/C14H16O3.5CH4/c1-9(11-6-4-3-5-7-11)8-12-10(2)13(15)17-14(12)16;;;;;/h3-7,9-10,12H,8H2,1-2H3;5*1H4. The van der Waals surface area contributed by atoms with E-state index in [9.17, 15) is 9.59 Å². The van der Waals surface area contributed by atoms with E-state index in [-0.39, 0.29) is 66.8 Å². The maximum Gasteiger partial charge on any atom is 0.317 e. The number of rotatable bonds is 3. The van der Waals surface area contributed by atoms with Crippen LogP contribution in [0.1, 0.15) is 68.9 Å². The number of benzene rings is 1. The third-order valence-electron chi connectivity index (χ3n) is 3.46. The Kier molecular flexibility index (Phi) is 15.5. The van der Waals surface area contributed by atoms with Crippen molar-refractivity contribution in [2.24, 2.45) is 11.8 Å². The third-order valence-corrected chi connectivity index (χ3v) is 3.46. The Morgan fingerprint density at radius 1 is 0.955 bits per heavy atom. The normalized spacial score (nSPS) is 19.9. The van der Waals surface area contributed by atoms with Gasteiger partial charge in [-0.3, -0.25) is 9.59 Å². The molecule has 0 saturated carbocycles. The number of carbonyl (C=O) groups excluding carboxylic acids is 2. The van der Waals surface area contributed by atoms with E-state index in [1.165, 1.54) is 5.56 Å². The molecule has 130 valence electrons. The molecule has 0 amide bonds. The predicted molar refractivity (Wildman–Crippen MR) is 96.9 cm³/mol. The van der Waals surface area contributed by atoms with Crippen LogP contribution >= 0.6 is 0 Å². The molecule has 1 aromatic carbocycles. The summed E-state index contributed by atoms with van der Waals surface area (Å²) in [4.78, 5) is 22.8. The van der Waals surface area contributed by atoms with Gasteiger partial charge >= 0.3 is 11.9 Å². The van der Waals surface area contributed by atoms with Gasteiger partial charge in [-0.15, -0.1) is 0 Å². The molecule has 1 aliphatic heterocycles. The van der Waals surface area contributed by atoms with Crippen molar-refractivity contribution in [1.82, 2.24) is 0 Å². The number of hydrogen-bond donors (Lipinski definition) is 0. The summed E-state index contributed by atoms with van der Waals surface area (Å²) in [6.07, 6.45) is 0.662. The van der Waals surface area contributed by atoms with Gasteiger partial charge in [-0.25, -0.2) is 0 Å². The molecule has 0 spiro atoms. The zero-order valence-corrected chi connectivity index (χ0v) is 10.1. The molecule has 0 aliphatic carbocycles. The second kappa shape index (κ2) is 12.0. The quantitative estimate of drug-likeness (QED) is 0.531. The van der Waals surface area contributed by atoms with Crippen molar-refractivity contribution in [3.8, 4) is 0 Å². The SMILES string of the molecule is C.C.C.C.C.CC(CC1C(=O)OC(=O)C1C)c1ccccc1. The van der Waals surface area contributed by atoms with E-state index in [1.807, 2.05) is 30.3 Å². The van der Waals surface area contributed by atoms with Gasteiger partial charge < -0.3 is 4.74 Å². The Morgan fingerprint density at radius 3 is 1.86 bits per heavy atom. The Hall–Kier alpha value is -1.64. The molecule has 1 aromatic rings. The maximum atomic E-state index is 11.5. The van der Waals surface area contributed by atoms with Crippen molar-refractivity contribution in [2.75, 3.05) is 0 Å². The topological polar surface area (TPSA) is 43.4 Å². The van der Waals surface area contributed by atoms with Crippen molar-refractivity contribution >= 4 is 11.9 Å². The van der Waals surface area contributed by atoms with E-state index < -0.39 is 0 Å². The van der Waals surface area contributed by atoms with Crippen LogP contribution in [-0.4, -0.2) is 11.9 Å². The molecule has 22 heavy (non-hydrogen) atoms. The summed E-state index contributed by atoms with van der Waals surface area (Å²) in [6.45, 7) is 3.83. The zero-order chi connectivity index (χ0) is 12.4. The van der Waals surface area contributed by atoms with Crippen LogP contribution in [-0.2, 0) is 14.3 Å². The van der Waals surface area contributed by atoms with E-state index in [0.717, 1.165) is 0 Å². The van der Waals surface area contributed by atoms with E-state index >= 15 is 0 Å². The van der Waals surface area contributed by atoms with Crippen LogP contribution in [0.4, 0.5) is 0 Å². The zero-order valence-electron chi connectivity index (χ0n) is 10.1. The Bertz CT molecular complexity index is 426. The molecule has 3 unspecified atom stereocenters. The average molecular weight is 312 g/mol. The minimum Gasteiger partial charge on any atom is -0.393 e. The number of ether oxygens (including phenoxy) is 1. The molecule has 3 nitrogen and oxygen atoms in total. The lowest BCUT2D eigenvalue weighted by molar-refractivity contribution is -0.153. The van der Waals surface area contributed by atoms with Gasteiger partial charge in [0.05, 0.1) is 11.8 Å². The molecule has 0 bridgehead atoms. The average Bonchev–Trinajstić information content (AvgIpc) is 2.57. The number of cyclic esters (lactones) is 2. The molecular weight excluding hydrogens is 276 g/mol. The van der Waals surface area contributed by atoms with Crippen LogP contribution in [0, 0.1) is 11.8 Å². The second-order valence-corrected chi connectivity index (χ2v) is 4.68. The summed E-state index contributed by atoms with van der Waals surface area (Å²) in [5.41, 5.74) is 1.19. The first-order chi connectivity index (χ1) is 8.09. The van der Waals surface area contributed by atoms with Crippen LogP contribution in [0.2, 0.25) is 0 Å². The third kappa shape index (κ3) is 6.00. The molecule has 1 heterocycles. The van der Waals surface area contributed by atoms with Crippen molar-refractivity contribution in [3.63, 3.8) is 0 Å². The molecule has 1 aliphatic rings. The lowest BCUT2D eigenvalue weighted by Gasteiger charge is -2.16. The maximum absolute atomic E-state index is 11.5. The fourth-order valence-electron chi connectivity index (χ4n) is 2.24. The lowest BCUT2D eigenvalue weighted by atomic mass is 9.85. The second-order valence-electron chi connectivity index (χ2n) is 4.68. The van der Waals surface area contributed by atoms with Gasteiger partial charge in [0.2, 0.25) is 0 Å². The highest BCUT2D eigenvalue weighted by atomic mass is 16.6. The summed E-state index contributed by atoms with van der Waals surface area (Å²) >= 11 is 0. The molecule has 1 saturated heterocycles. The minimum atomic E-state index is -0.389. The first kappa shape index (κ1) is 28.5. The van der Waals surface area contributed by atoms with Crippen molar-refractivity contribution in [1.29, 1.82) is 0 Å². The van der Waals surface area contributed by atoms with Gasteiger partial charge in [0, 0.05) is 0 Å². The summed E-state index contributed by atoms with van der Waals surface area (Å²) in [7, 11) is 0.